The van der Waals surface area contributed by atoms with Gasteiger partial charge in [0.1, 0.15) is 52.7 Å². The van der Waals surface area contributed by atoms with Gasteiger partial charge in [-0.15, -0.1) is 0 Å². The number of carboxylic acid groups (broad SMARTS) is 2. The number of fused-ring (bicyclic) bond motifs is 2. The average Bonchev–Trinajstić information content (AvgIpc) is 0.933. The van der Waals surface area contributed by atoms with Gasteiger partial charge >= 0.3 is 18.0 Å². The topological polar surface area (TPSA) is 640 Å². The van der Waals surface area contributed by atoms with Gasteiger partial charge in [0.05, 0.1) is 32.6 Å². The number of aromatic nitrogens is 6. The summed E-state index contributed by atoms with van der Waals surface area (Å²) in [5.74, 6) is -11.6. The van der Waals surface area contributed by atoms with Gasteiger partial charge < -0.3 is 106 Å². The van der Waals surface area contributed by atoms with Gasteiger partial charge in [0, 0.05) is 112 Å². The van der Waals surface area contributed by atoms with E-state index in [4.69, 9.17) is 10.5 Å². The van der Waals surface area contributed by atoms with Crippen molar-refractivity contribution in [3.63, 3.8) is 0 Å². The summed E-state index contributed by atoms with van der Waals surface area (Å²) in [4.78, 5) is 162. The van der Waals surface area contributed by atoms with Crippen LogP contribution in [-0.4, -0.2) is 210 Å². The fourth-order valence-electron chi connectivity index (χ4n) is 12.5. The standard InChI is InChI=1S/C65H85N17O22S3.C9H12O2S/c1-35-23-36(2)54(37(3)24-35)107(102,103)80-46(61(93)94)30-74-56(87)43-32-82(50-26-39(10-12-41(50)53(43)85)28-76-63-71-19-20-72-63)22-8-16-68-58(89)48(34-106(99,100)101)78-59(90)45(79-64(95)104-65(4,5)6)13-14-51(83)77-47(33-105(96,97)98)57(88)67-15-7-21-81-31-42(55(86)73-29-44(66)60(91)92)52(84)40-11-9-38(25-49(40)81)27-75-62-69-17-18-70-62;1-6-4-7(2)9(12(10)11)8(3)5-6/h9-12,17-20,23-26,31-32,44-48,80,96-98H,7-8,13-16,21-22,27-30,33-34,66H2,1-6H3,(H,67,88)(H,68,89)(H,73,86)(H,74,87)(H,77,83)(H,78,90)(H,79,95)(H,91,92)(H,93,94)(H2,69,70,75)(H2,71,72,76)(H,99,100,101);4-5H,1-3H3,(H,10,11)/p-1/t44-,45-,46-,47-,48-;/m0./s1. The van der Waals surface area contributed by atoms with Crippen LogP contribution < -0.4 is 69.2 Å². The number of carboxylic acids is 2. The van der Waals surface area contributed by atoms with Crippen molar-refractivity contribution in [2.24, 2.45) is 5.73 Å². The maximum absolute atomic E-state index is 14.2. The molecule has 41 nitrogen and oxygen atoms in total. The van der Waals surface area contributed by atoms with Crippen LogP contribution in [0.5, 0.6) is 0 Å². The van der Waals surface area contributed by atoms with Crippen LogP contribution in [0.3, 0.4) is 0 Å². The SMILES string of the molecule is Cc1cc(C)c(S(=O)(=O)N[C@@H](CNC(=O)c2cn(CCCNC(=O)[C@H](CS(=O)(=O)O)NC(=O)[C@H](CCC(=O)N[C@@H](CS(O)(O)O)C(=O)NCCCn3cc(C(=O)NC[C@H](N)C(=O)O)c(=O)c4ccc(CNc5ncc[nH]5)cc43)NC(=O)OC(C)(C)C)c3cc(CNc4ncc[nH]4)ccc3c2=O)C(=O)O)c(C)c1.Cc1cc(C)c(S(=O)[O-])c(C)c1. The number of hydrogen-bond donors (Lipinski definition) is 19. The highest BCUT2D eigenvalue weighted by molar-refractivity contribution is 8.19. The lowest BCUT2D eigenvalue weighted by atomic mass is 10.1. The third-order valence-corrected chi connectivity index (χ3v) is 22.0. The van der Waals surface area contributed by atoms with Crippen LogP contribution in [0.15, 0.2) is 117 Å². The largest absolute Gasteiger partial charge is 0.768 e. The molecule has 0 aliphatic carbocycles. The summed E-state index contributed by atoms with van der Waals surface area (Å²) in [6.07, 6.45) is 5.72. The van der Waals surface area contributed by atoms with Crippen molar-refractivity contribution in [2.75, 3.05) is 48.3 Å². The van der Waals surface area contributed by atoms with Crippen molar-refractivity contribution < 1.29 is 102 Å². The number of anilines is 2. The molecule has 6 atom stereocenters. The molecule has 119 heavy (non-hydrogen) atoms. The van der Waals surface area contributed by atoms with Crippen molar-refractivity contribution in [3.8, 4) is 0 Å². The molecular formula is C74H96N17O24S4-. The number of alkyl carbamates (subject to hydrolysis) is 1. The van der Waals surface area contributed by atoms with E-state index in [1.54, 1.807) is 55.7 Å². The number of amides is 7. The van der Waals surface area contributed by atoms with Gasteiger partial charge in [-0.1, -0.05) is 47.5 Å². The zero-order valence-electron chi connectivity index (χ0n) is 66.1. The van der Waals surface area contributed by atoms with Gasteiger partial charge in [-0.2, -0.15) is 13.1 Å². The molecule has 1 unspecified atom stereocenters. The maximum atomic E-state index is 14.2. The van der Waals surface area contributed by atoms with Crippen molar-refractivity contribution in [1.82, 2.24) is 71.0 Å². The number of ether oxygens (including phenoxy) is 1. The molecule has 7 amide bonds. The van der Waals surface area contributed by atoms with E-state index in [1.165, 1.54) is 74.5 Å². The molecule has 0 aliphatic heterocycles. The van der Waals surface area contributed by atoms with E-state index in [9.17, 15) is 107 Å². The number of aliphatic carboxylic acids is 2. The smallest absolute Gasteiger partial charge is 0.408 e. The third-order valence-electron chi connectivity index (χ3n) is 17.7. The number of carbonyl (C=O) groups is 9. The second kappa shape index (κ2) is 41.7. The minimum Gasteiger partial charge on any atom is -0.768 e. The van der Waals surface area contributed by atoms with Gasteiger partial charge in [-0.25, -0.2) is 23.2 Å². The number of H-pyrrole nitrogens is 2. The molecule has 4 aromatic heterocycles. The van der Waals surface area contributed by atoms with Crippen molar-refractivity contribution in [2.45, 2.75) is 160 Å². The minimum atomic E-state index is -5.13. The number of aromatic amines is 2. The first kappa shape index (κ1) is 94.6. The highest BCUT2D eigenvalue weighted by atomic mass is 32.3. The molecule has 0 saturated heterocycles. The Hall–Kier alpha value is -11.5. The zero-order chi connectivity index (χ0) is 88.2. The number of nitrogens with one attached hydrogen (secondary N) is 12. The maximum Gasteiger partial charge on any atom is 0.408 e. The Balaban J connectivity index is 0.00000149. The summed E-state index contributed by atoms with van der Waals surface area (Å²) in [6, 6.07) is 6.98. The van der Waals surface area contributed by atoms with E-state index < -0.39 is 185 Å². The number of nitrogens with zero attached hydrogens (tertiary/aromatic N) is 4. The Kier molecular flexibility index (Phi) is 33.2. The van der Waals surface area contributed by atoms with Crippen LogP contribution in [-0.2, 0) is 90.9 Å². The Morgan fingerprint density at radius 2 is 1.06 bits per heavy atom. The number of pyridine rings is 2. The van der Waals surface area contributed by atoms with Crippen LogP contribution in [0.4, 0.5) is 16.7 Å². The lowest BCUT2D eigenvalue weighted by molar-refractivity contribution is -0.139. The van der Waals surface area contributed by atoms with E-state index in [1.807, 2.05) is 32.9 Å². The first-order valence-corrected chi connectivity index (χ1v) is 42.4. The molecule has 0 fully saturated rings. The van der Waals surface area contributed by atoms with Crippen molar-refractivity contribution in [1.29, 1.82) is 0 Å². The number of imidazole rings is 2. The fourth-order valence-corrected chi connectivity index (χ4v) is 16.1. The molecule has 646 valence electrons. The molecular weight excluding hydrogens is 1640 g/mol. The van der Waals surface area contributed by atoms with Crippen molar-refractivity contribution >= 4 is 129 Å². The van der Waals surface area contributed by atoms with Crippen molar-refractivity contribution in [3.05, 3.63) is 174 Å². The lowest BCUT2D eigenvalue weighted by Crippen LogP contribution is -2.56. The summed E-state index contributed by atoms with van der Waals surface area (Å²) in [7, 11) is -14.2. The van der Waals surface area contributed by atoms with Gasteiger partial charge in [0.2, 0.25) is 44.5 Å². The molecule has 8 aromatic rings. The number of rotatable bonds is 39. The highest BCUT2D eigenvalue weighted by Crippen LogP contribution is 2.33. The number of hydrogen-bond acceptors (Lipinski definition) is 26. The molecule has 0 radical (unpaired) electrons. The van der Waals surface area contributed by atoms with Crippen LogP contribution in [0, 0.1) is 41.5 Å². The molecule has 8 rings (SSSR count). The molecule has 0 saturated carbocycles. The third kappa shape index (κ3) is 28.6. The highest BCUT2D eigenvalue weighted by Gasteiger charge is 2.35. The Morgan fingerprint density at radius 1 is 0.597 bits per heavy atom. The number of aryl methyl sites for hydroxylation is 8. The minimum absolute atomic E-state index is 0.0121. The normalized spacial score (nSPS) is 13.4. The molecule has 0 spiro atoms. The second-order valence-electron chi connectivity index (χ2n) is 28.7. The molecule has 20 N–H and O–H groups in total. The van der Waals surface area contributed by atoms with E-state index in [0.717, 1.165) is 28.5 Å². The number of benzene rings is 4. The van der Waals surface area contributed by atoms with Crippen LogP contribution in [0.1, 0.15) is 112 Å². The van der Waals surface area contributed by atoms with E-state index in [0.29, 0.717) is 44.6 Å². The van der Waals surface area contributed by atoms with Gasteiger partial charge in [-0.05, 0) is 150 Å². The second-order valence-corrected chi connectivity index (χ2v) is 34.4. The zero-order valence-corrected chi connectivity index (χ0v) is 69.3. The van der Waals surface area contributed by atoms with Crippen LogP contribution in [0.2, 0.25) is 0 Å². The van der Waals surface area contributed by atoms with E-state index in [2.05, 4.69) is 72.5 Å². The number of sulfonamides is 1. The quantitative estimate of drug-likeness (QED) is 0.0149. The summed E-state index contributed by atoms with van der Waals surface area (Å²) >= 11 is -2.11. The van der Waals surface area contributed by atoms with E-state index >= 15 is 0 Å². The fraction of sp³-hybridized carbons (Fsp3) is 0.392. The summed E-state index contributed by atoms with van der Waals surface area (Å²) in [5, 5.41) is 41.8. The molecule has 0 bridgehead atoms. The summed E-state index contributed by atoms with van der Waals surface area (Å²) in [6.45, 7) is 13.1. The predicted molar refractivity (Wildman–Crippen MR) is 437 cm³/mol. The van der Waals surface area contributed by atoms with E-state index in [-0.39, 0.29) is 78.9 Å². The van der Waals surface area contributed by atoms with Gasteiger partial charge in [-0.3, -0.25) is 56.7 Å². The Bertz CT molecular complexity index is 5410. The van der Waals surface area contributed by atoms with Gasteiger partial charge in [0.25, 0.3) is 21.9 Å². The monoisotopic (exact) mass is 1730 g/mol. The summed E-state index contributed by atoms with van der Waals surface area (Å²) < 4.78 is 124. The Labute approximate surface area is 686 Å². The molecule has 4 heterocycles. The average molecular weight is 1740 g/mol. The predicted octanol–water partition coefficient (Wildman–Crippen LogP) is 2.53. The molecule has 45 heteroatoms. The summed E-state index contributed by atoms with van der Waals surface area (Å²) in [5.41, 5.74) is 7.94. The van der Waals surface area contributed by atoms with Gasteiger partial charge in [0.15, 0.2) is 11.9 Å². The first-order valence-electron chi connectivity index (χ1n) is 36.6. The molecule has 0 aliphatic rings. The Morgan fingerprint density at radius 3 is 1.48 bits per heavy atom. The number of carbonyl (C=O) groups excluding carboxylic acids is 7. The molecule has 4 aromatic carbocycles. The van der Waals surface area contributed by atoms with Crippen LogP contribution >= 0.6 is 10.9 Å². The first-order chi connectivity index (χ1) is 55.7. The lowest BCUT2D eigenvalue weighted by Gasteiger charge is -2.27. The number of nitrogens with two attached hydrogens (primary N) is 1. The van der Waals surface area contributed by atoms with Crippen LogP contribution in [0.25, 0.3) is 21.8 Å².